The van der Waals surface area contributed by atoms with Crippen molar-refractivity contribution in [2.75, 3.05) is 7.11 Å². The van der Waals surface area contributed by atoms with Gasteiger partial charge in [-0.05, 0) is 36.4 Å². The summed E-state index contributed by atoms with van der Waals surface area (Å²) >= 11 is 0. The predicted molar refractivity (Wildman–Crippen MR) is 106 cm³/mol. The van der Waals surface area contributed by atoms with Crippen LogP contribution in [0.15, 0.2) is 77.7 Å². The van der Waals surface area contributed by atoms with E-state index in [9.17, 15) is 4.79 Å². The van der Waals surface area contributed by atoms with Crippen molar-refractivity contribution in [1.29, 1.82) is 0 Å². The topological polar surface area (TPSA) is 80.4 Å². The molecule has 0 spiro atoms. The smallest absolute Gasteiger partial charge is 0.353 e. The molecule has 0 saturated carbocycles. The summed E-state index contributed by atoms with van der Waals surface area (Å²) in [6.45, 7) is 0. The molecule has 0 atom stereocenters. The van der Waals surface area contributed by atoms with Gasteiger partial charge in [0.15, 0.2) is 0 Å². The van der Waals surface area contributed by atoms with E-state index in [-0.39, 0.29) is 17.6 Å². The van der Waals surface area contributed by atoms with Crippen LogP contribution in [-0.4, -0.2) is 26.4 Å². The van der Waals surface area contributed by atoms with Gasteiger partial charge in [0.1, 0.15) is 22.9 Å². The van der Waals surface area contributed by atoms with Gasteiger partial charge < -0.3 is 14.2 Å². The normalized spacial score (nSPS) is 10.6. The van der Waals surface area contributed by atoms with Crippen molar-refractivity contribution < 1.29 is 14.2 Å². The molecule has 2 aromatic carbocycles. The highest BCUT2D eigenvalue weighted by Crippen LogP contribution is 2.30. The van der Waals surface area contributed by atoms with Gasteiger partial charge in [-0.3, -0.25) is 0 Å². The van der Waals surface area contributed by atoms with Crippen LogP contribution in [0.5, 0.6) is 29.1 Å². The van der Waals surface area contributed by atoms with Crippen LogP contribution in [-0.2, 0) is 7.05 Å². The first-order valence-electron chi connectivity index (χ1n) is 8.82. The van der Waals surface area contributed by atoms with Crippen LogP contribution in [0.4, 0.5) is 0 Å². The van der Waals surface area contributed by atoms with Crippen molar-refractivity contribution in [3.05, 3.63) is 83.4 Å². The minimum absolute atomic E-state index is 0.136. The molecule has 0 fully saturated rings. The van der Waals surface area contributed by atoms with Gasteiger partial charge in [-0.2, -0.15) is 0 Å². The Morgan fingerprint density at radius 3 is 2.34 bits per heavy atom. The third kappa shape index (κ3) is 3.81. The number of hydrogen-bond donors (Lipinski definition) is 0. The summed E-state index contributed by atoms with van der Waals surface area (Å²) < 4.78 is 19.5. The highest BCUT2D eigenvalue weighted by Gasteiger charge is 2.18. The highest BCUT2D eigenvalue weighted by molar-refractivity contribution is 5.46. The molecule has 0 radical (unpaired) electrons. The van der Waals surface area contributed by atoms with Crippen LogP contribution in [0.2, 0.25) is 0 Å². The van der Waals surface area contributed by atoms with Crippen molar-refractivity contribution in [1.82, 2.24) is 19.3 Å². The molecule has 0 N–H and O–H groups in total. The molecule has 0 aliphatic rings. The van der Waals surface area contributed by atoms with Crippen LogP contribution >= 0.6 is 0 Å². The lowest BCUT2D eigenvalue weighted by Crippen LogP contribution is -2.22. The molecule has 29 heavy (non-hydrogen) atoms. The number of nitrogens with zero attached hydrogens (tertiary/aromatic N) is 4. The highest BCUT2D eigenvalue weighted by atomic mass is 16.5. The monoisotopic (exact) mass is 390 g/mol. The molecule has 2 aromatic heterocycles. The van der Waals surface area contributed by atoms with E-state index in [0.717, 1.165) is 5.75 Å². The molecule has 8 heteroatoms. The van der Waals surface area contributed by atoms with E-state index in [1.165, 1.54) is 16.4 Å². The lowest BCUT2D eigenvalue weighted by Gasteiger charge is -2.12. The Labute approximate surface area is 166 Å². The standard InChI is InChI=1S/C21H18N4O4/c1-24-21(26)25(20(23-24)27-2)18-12-7-13-22-19(18)29-17-11-6-10-16(14-17)28-15-8-4-3-5-9-15/h3-14H,1-2H3. The first kappa shape index (κ1) is 18.3. The molecule has 2 heterocycles. The molecule has 0 saturated heterocycles. The maximum absolute atomic E-state index is 12.5. The maximum Gasteiger partial charge on any atom is 0.353 e. The predicted octanol–water partition coefficient (Wildman–Crippen LogP) is 3.56. The Balaban J connectivity index is 1.67. The summed E-state index contributed by atoms with van der Waals surface area (Å²) in [7, 11) is 2.99. The van der Waals surface area contributed by atoms with Crippen LogP contribution in [0.1, 0.15) is 0 Å². The largest absolute Gasteiger partial charge is 0.467 e. The number of benzene rings is 2. The molecule has 8 nitrogen and oxygen atoms in total. The van der Waals surface area contributed by atoms with E-state index in [0.29, 0.717) is 17.2 Å². The summed E-state index contributed by atoms with van der Waals surface area (Å²) in [4.78, 5) is 16.8. The maximum atomic E-state index is 12.5. The number of aromatic nitrogens is 4. The molecule has 0 bridgehead atoms. The van der Waals surface area contributed by atoms with E-state index in [1.807, 2.05) is 42.5 Å². The fourth-order valence-corrected chi connectivity index (χ4v) is 2.75. The van der Waals surface area contributed by atoms with Crippen molar-refractivity contribution in [2.24, 2.45) is 7.05 Å². The lowest BCUT2D eigenvalue weighted by molar-refractivity contribution is 0.366. The van der Waals surface area contributed by atoms with Gasteiger partial charge in [-0.15, -0.1) is 5.10 Å². The SMILES string of the molecule is COc1nn(C)c(=O)n1-c1cccnc1Oc1cccc(Oc2ccccc2)c1. The average Bonchev–Trinajstić information content (AvgIpc) is 3.03. The van der Waals surface area contributed by atoms with E-state index >= 15 is 0 Å². The summed E-state index contributed by atoms with van der Waals surface area (Å²) in [5, 5.41) is 4.06. The second-order valence-electron chi connectivity index (χ2n) is 6.05. The number of rotatable bonds is 6. The van der Waals surface area contributed by atoms with Gasteiger partial charge in [0.25, 0.3) is 0 Å². The number of para-hydroxylation sites is 1. The molecule has 0 unspecified atom stereocenters. The van der Waals surface area contributed by atoms with Crippen LogP contribution < -0.4 is 19.9 Å². The summed E-state index contributed by atoms with van der Waals surface area (Å²) in [6.07, 6.45) is 1.58. The molecule has 0 aliphatic heterocycles. The zero-order chi connectivity index (χ0) is 20.2. The van der Waals surface area contributed by atoms with Crippen molar-refractivity contribution >= 4 is 0 Å². The Hall–Kier alpha value is -4.07. The molecular formula is C21H18N4O4. The number of aryl methyl sites for hydroxylation is 1. The second kappa shape index (κ2) is 7.89. The quantitative estimate of drug-likeness (QED) is 0.501. The van der Waals surface area contributed by atoms with Gasteiger partial charge in [-0.25, -0.2) is 19.0 Å². The number of pyridine rings is 1. The fourth-order valence-electron chi connectivity index (χ4n) is 2.75. The van der Waals surface area contributed by atoms with E-state index in [2.05, 4.69) is 10.1 Å². The van der Waals surface area contributed by atoms with Crippen LogP contribution in [0.25, 0.3) is 5.69 Å². The number of ether oxygens (including phenoxy) is 3. The summed E-state index contributed by atoms with van der Waals surface area (Å²) in [5.41, 5.74) is 0.0395. The lowest BCUT2D eigenvalue weighted by atomic mass is 10.3. The van der Waals surface area contributed by atoms with Gasteiger partial charge in [0, 0.05) is 19.3 Å². The second-order valence-corrected chi connectivity index (χ2v) is 6.05. The fraction of sp³-hybridized carbons (Fsp3) is 0.0952. The Morgan fingerprint density at radius 1 is 0.862 bits per heavy atom. The van der Waals surface area contributed by atoms with Crippen LogP contribution in [0, 0.1) is 0 Å². The molecule has 0 amide bonds. The average molecular weight is 390 g/mol. The first-order valence-corrected chi connectivity index (χ1v) is 8.82. The summed E-state index contributed by atoms with van der Waals surface area (Å²) in [5.74, 6) is 2.07. The Bertz CT molecular complexity index is 1180. The third-order valence-electron chi connectivity index (χ3n) is 4.07. The van der Waals surface area contributed by atoms with Crippen molar-refractivity contribution in [3.63, 3.8) is 0 Å². The summed E-state index contributed by atoms with van der Waals surface area (Å²) in [6, 6.07) is 20.2. The van der Waals surface area contributed by atoms with Crippen LogP contribution in [0.3, 0.4) is 0 Å². The molecule has 146 valence electrons. The zero-order valence-electron chi connectivity index (χ0n) is 15.9. The molecule has 4 aromatic rings. The minimum Gasteiger partial charge on any atom is -0.467 e. The van der Waals surface area contributed by atoms with Gasteiger partial charge in [0.2, 0.25) is 5.88 Å². The Morgan fingerprint density at radius 2 is 1.59 bits per heavy atom. The van der Waals surface area contributed by atoms with Crippen molar-refractivity contribution in [3.8, 4) is 34.8 Å². The first-order chi connectivity index (χ1) is 14.2. The van der Waals surface area contributed by atoms with Crippen molar-refractivity contribution in [2.45, 2.75) is 0 Å². The van der Waals surface area contributed by atoms with Gasteiger partial charge >= 0.3 is 11.7 Å². The zero-order valence-corrected chi connectivity index (χ0v) is 15.9. The molecule has 0 aliphatic carbocycles. The molecular weight excluding hydrogens is 372 g/mol. The van der Waals surface area contributed by atoms with E-state index in [1.54, 1.807) is 37.5 Å². The van der Waals surface area contributed by atoms with Gasteiger partial charge in [-0.1, -0.05) is 24.3 Å². The van der Waals surface area contributed by atoms with E-state index in [4.69, 9.17) is 14.2 Å². The third-order valence-corrected chi connectivity index (χ3v) is 4.07. The van der Waals surface area contributed by atoms with E-state index < -0.39 is 0 Å². The number of hydrogen-bond acceptors (Lipinski definition) is 6. The molecule has 4 rings (SSSR count). The van der Waals surface area contributed by atoms with Gasteiger partial charge in [0.05, 0.1) is 7.11 Å². The Kier molecular flexibility index (Phi) is 4.98. The minimum atomic E-state index is -0.374. The number of methoxy groups -OCH3 is 1.